The van der Waals surface area contributed by atoms with Gasteiger partial charge in [0.05, 0.1) is 35.8 Å². The number of fused-ring (bicyclic) bond motifs is 1. The molecule has 1 aliphatic heterocycles. The average molecular weight is 456 g/mol. The molecule has 1 unspecified atom stereocenters. The van der Waals surface area contributed by atoms with Crippen molar-refractivity contribution in [1.82, 2.24) is 8.87 Å². The lowest BCUT2D eigenvalue weighted by Gasteiger charge is -2.18. The van der Waals surface area contributed by atoms with Crippen LogP contribution < -0.4 is 4.80 Å². The summed E-state index contributed by atoms with van der Waals surface area (Å²) in [6, 6.07) is 4.36. The molecule has 1 fully saturated rings. The van der Waals surface area contributed by atoms with Crippen LogP contribution in [0.5, 0.6) is 0 Å². The van der Waals surface area contributed by atoms with Gasteiger partial charge in [-0.15, -0.1) is 0 Å². The predicted octanol–water partition coefficient (Wildman–Crippen LogP) is 1.38. The van der Waals surface area contributed by atoms with Crippen molar-refractivity contribution in [3.8, 4) is 0 Å². The Morgan fingerprint density at radius 1 is 1.33 bits per heavy atom. The van der Waals surface area contributed by atoms with Crippen LogP contribution in [0.4, 0.5) is 0 Å². The molecule has 164 valence electrons. The monoisotopic (exact) mass is 455 g/mol. The maximum atomic E-state index is 12.9. The van der Waals surface area contributed by atoms with Gasteiger partial charge in [0.15, 0.2) is 4.80 Å². The molecule has 9 nitrogen and oxygen atoms in total. The minimum atomic E-state index is -3.48. The first-order valence-corrected chi connectivity index (χ1v) is 12.3. The number of methoxy groups -OCH3 is 1. The summed E-state index contributed by atoms with van der Waals surface area (Å²) in [5.74, 6) is -0.932. The Morgan fingerprint density at radius 3 is 2.77 bits per heavy atom. The normalized spacial score (nSPS) is 18.2. The largest absolute Gasteiger partial charge is 0.465 e. The molecule has 0 aliphatic carbocycles. The number of nitrogens with zero attached hydrogens (tertiary/aromatic N) is 3. The van der Waals surface area contributed by atoms with Crippen molar-refractivity contribution < 1.29 is 27.5 Å². The molecule has 0 radical (unpaired) electrons. The van der Waals surface area contributed by atoms with Gasteiger partial charge in [-0.05, 0) is 38.0 Å². The average Bonchev–Trinajstić information content (AvgIpc) is 3.32. The summed E-state index contributed by atoms with van der Waals surface area (Å²) in [6.45, 7) is 3.68. The topological polar surface area (TPSA) is 107 Å². The van der Waals surface area contributed by atoms with Crippen LogP contribution >= 0.6 is 11.3 Å². The number of hydrogen-bond donors (Lipinski definition) is 0. The number of aromatic nitrogens is 1. The fourth-order valence-corrected chi connectivity index (χ4v) is 5.69. The van der Waals surface area contributed by atoms with E-state index in [4.69, 9.17) is 9.47 Å². The van der Waals surface area contributed by atoms with E-state index in [1.807, 2.05) is 11.5 Å². The summed E-state index contributed by atoms with van der Waals surface area (Å²) < 4.78 is 38.0. The van der Waals surface area contributed by atoms with Gasteiger partial charge in [0, 0.05) is 19.7 Å². The van der Waals surface area contributed by atoms with Gasteiger partial charge in [0.2, 0.25) is 10.0 Å². The lowest BCUT2D eigenvalue weighted by atomic mass is 10.2. The predicted molar refractivity (Wildman–Crippen MR) is 113 cm³/mol. The van der Waals surface area contributed by atoms with Crippen molar-refractivity contribution in [1.29, 1.82) is 0 Å². The molecule has 0 N–H and O–H groups in total. The summed E-state index contributed by atoms with van der Waals surface area (Å²) in [6.07, 6.45) is 2.18. The number of carbonyl (C=O) groups excluding carboxylic acids is 2. The van der Waals surface area contributed by atoms with Crippen molar-refractivity contribution in [3.63, 3.8) is 0 Å². The van der Waals surface area contributed by atoms with Crippen molar-refractivity contribution >= 4 is 43.5 Å². The molecule has 30 heavy (non-hydrogen) atoms. The Hall–Kier alpha value is -2.08. The molecule has 0 saturated carbocycles. The second-order valence-corrected chi connectivity index (χ2v) is 9.83. The molecule has 3 rings (SSSR count). The molecule has 1 aromatic carbocycles. The van der Waals surface area contributed by atoms with Crippen LogP contribution in [0, 0.1) is 0 Å². The second kappa shape index (κ2) is 9.38. The van der Waals surface area contributed by atoms with Gasteiger partial charge in [-0.25, -0.2) is 13.2 Å². The first-order chi connectivity index (χ1) is 14.3. The van der Waals surface area contributed by atoms with E-state index in [1.165, 1.54) is 22.8 Å². The third kappa shape index (κ3) is 4.80. The number of ether oxygens (including phenoxy) is 2. The van der Waals surface area contributed by atoms with Gasteiger partial charge in [-0.1, -0.05) is 11.3 Å². The first kappa shape index (κ1) is 22.6. The van der Waals surface area contributed by atoms with Gasteiger partial charge in [-0.3, -0.25) is 4.79 Å². The minimum absolute atomic E-state index is 0.323. The quantitative estimate of drug-likeness (QED) is 0.461. The van der Waals surface area contributed by atoms with Crippen molar-refractivity contribution in [2.75, 3.05) is 33.1 Å². The van der Waals surface area contributed by atoms with Crippen LogP contribution in [0.15, 0.2) is 23.2 Å². The highest BCUT2D eigenvalue weighted by atomic mass is 32.2. The van der Waals surface area contributed by atoms with E-state index in [0.717, 1.165) is 16.5 Å². The maximum absolute atomic E-state index is 12.9. The van der Waals surface area contributed by atoms with Gasteiger partial charge >= 0.3 is 5.97 Å². The standard InChI is InChI=1S/C19H25N3O6S2/c1-4-28-11-10-21-14-8-7-13(18(24)27-2)12-16(14)29-19(21)20-17(23)15-6-5-9-22(15)30(3,25)26/h7-8,12,15H,4-6,9-11H2,1-3H3. The molecule has 1 atom stereocenters. The zero-order valence-corrected chi connectivity index (χ0v) is 18.8. The Bertz CT molecular complexity index is 1120. The summed E-state index contributed by atoms with van der Waals surface area (Å²) in [7, 11) is -2.16. The van der Waals surface area contributed by atoms with Gasteiger partial charge in [0.1, 0.15) is 6.04 Å². The molecule has 1 aromatic heterocycles. The zero-order chi connectivity index (χ0) is 21.9. The smallest absolute Gasteiger partial charge is 0.337 e. The first-order valence-electron chi connectivity index (χ1n) is 9.61. The summed E-state index contributed by atoms with van der Waals surface area (Å²) in [4.78, 5) is 29.4. The Morgan fingerprint density at radius 2 is 2.10 bits per heavy atom. The van der Waals surface area contributed by atoms with E-state index >= 15 is 0 Å². The Balaban J connectivity index is 2.04. The van der Waals surface area contributed by atoms with Gasteiger partial charge in [-0.2, -0.15) is 9.30 Å². The zero-order valence-electron chi connectivity index (χ0n) is 17.2. The van der Waals surface area contributed by atoms with Crippen molar-refractivity contribution in [3.05, 3.63) is 28.6 Å². The summed E-state index contributed by atoms with van der Waals surface area (Å²) in [5, 5.41) is 0. The number of esters is 1. The molecule has 2 heterocycles. The number of sulfonamides is 1. The van der Waals surface area contributed by atoms with Gasteiger partial charge < -0.3 is 14.0 Å². The number of benzene rings is 1. The Kier molecular flexibility index (Phi) is 7.06. The SMILES string of the molecule is CCOCCn1c(=NC(=O)C2CCCN2S(C)(=O)=O)sc2cc(C(=O)OC)ccc21. The molecular formula is C19H25N3O6S2. The molecule has 1 amide bonds. The molecule has 11 heteroatoms. The van der Waals surface area contributed by atoms with Crippen LogP contribution in [0.2, 0.25) is 0 Å². The molecule has 1 saturated heterocycles. The molecule has 0 spiro atoms. The summed E-state index contributed by atoms with van der Waals surface area (Å²) in [5.41, 5.74) is 1.21. The number of rotatable bonds is 7. The molecule has 1 aliphatic rings. The Labute approximate surface area is 179 Å². The van der Waals surface area contributed by atoms with Gasteiger partial charge in [0.25, 0.3) is 5.91 Å². The lowest BCUT2D eigenvalue weighted by molar-refractivity contribution is -0.121. The number of carbonyl (C=O) groups is 2. The van der Waals surface area contributed by atoms with Crippen molar-refractivity contribution in [2.45, 2.75) is 32.4 Å². The lowest BCUT2D eigenvalue weighted by Crippen LogP contribution is -2.40. The number of thiazole rings is 1. The van der Waals surface area contributed by atoms with Crippen LogP contribution in [0.25, 0.3) is 10.2 Å². The van der Waals surface area contributed by atoms with E-state index in [0.29, 0.717) is 49.5 Å². The molecule has 2 aromatic rings. The van der Waals surface area contributed by atoms with E-state index < -0.39 is 27.9 Å². The second-order valence-electron chi connectivity index (χ2n) is 6.89. The third-order valence-corrected chi connectivity index (χ3v) is 7.22. The fourth-order valence-electron chi connectivity index (χ4n) is 3.47. The maximum Gasteiger partial charge on any atom is 0.337 e. The molecule has 0 bridgehead atoms. The van der Waals surface area contributed by atoms with Crippen LogP contribution in [0.3, 0.4) is 0 Å². The highest BCUT2D eigenvalue weighted by molar-refractivity contribution is 7.88. The van der Waals surface area contributed by atoms with Crippen LogP contribution in [0.1, 0.15) is 30.1 Å². The number of hydrogen-bond acceptors (Lipinski definition) is 7. The highest BCUT2D eigenvalue weighted by Gasteiger charge is 2.36. The van der Waals surface area contributed by atoms with Crippen LogP contribution in [-0.2, 0) is 30.8 Å². The minimum Gasteiger partial charge on any atom is -0.465 e. The number of amides is 1. The fraction of sp³-hybridized carbons (Fsp3) is 0.526. The van der Waals surface area contributed by atoms with E-state index in [-0.39, 0.29) is 0 Å². The summed E-state index contributed by atoms with van der Waals surface area (Å²) >= 11 is 1.26. The molecular weight excluding hydrogens is 430 g/mol. The highest BCUT2D eigenvalue weighted by Crippen LogP contribution is 2.23. The third-order valence-electron chi connectivity index (χ3n) is 4.89. The van der Waals surface area contributed by atoms with Crippen molar-refractivity contribution in [2.24, 2.45) is 4.99 Å². The van der Waals surface area contributed by atoms with E-state index in [1.54, 1.807) is 18.2 Å². The van der Waals surface area contributed by atoms with E-state index in [2.05, 4.69) is 4.99 Å². The van der Waals surface area contributed by atoms with E-state index in [9.17, 15) is 18.0 Å². The van der Waals surface area contributed by atoms with Crippen LogP contribution in [-0.4, -0.2) is 68.3 Å².